The summed E-state index contributed by atoms with van der Waals surface area (Å²) in [5.74, 6) is 0.914. The van der Waals surface area contributed by atoms with Gasteiger partial charge in [-0.05, 0) is 38.3 Å². The molecule has 0 fully saturated rings. The van der Waals surface area contributed by atoms with E-state index in [0.29, 0.717) is 6.61 Å². The summed E-state index contributed by atoms with van der Waals surface area (Å²) in [7, 11) is 1.72. The smallest absolute Gasteiger partial charge is 0.124 e. The Balaban J connectivity index is 2.53. The first-order valence-corrected chi connectivity index (χ1v) is 6.13. The molecule has 1 rings (SSSR count). The summed E-state index contributed by atoms with van der Waals surface area (Å²) < 4.78 is 10.8. The predicted molar refractivity (Wildman–Crippen MR) is 70.4 cm³/mol. The maximum atomic E-state index is 5.92. The fourth-order valence-corrected chi connectivity index (χ4v) is 1.67. The molecule has 96 valence electrons. The molecular formula is C14H23NO2. The first-order valence-electron chi connectivity index (χ1n) is 6.13. The molecule has 0 saturated carbocycles. The average Bonchev–Trinajstić information content (AvgIpc) is 2.28. The number of rotatable bonds is 7. The number of hydrogen-bond acceptors (Lipinski definition) is 3. The van der Waals surface area contributed by atoms with E-state index in [4.69, 9.17) is 15.2 Å². The minimum atomic E-state index is 0.00424. The molecule has 0 aromatic heterocycles. The maximum absolute atomic E-state index is 5.92. The van der Waals surface area contributed by atoms with Crippen LogP contribution >= 0.6 is 0 Å². The van der Waals surface area contributed by atoms with Crippen molar-refractivity contribution >= 4 is 0 Å². The van der Waals surface area contributed by atoms with Gasteiger partial charge in [-0.15, -0.1) is 0 Å². The third-order valence-corrected chi connectivity index (χ3v) is 2.66. The van der Waals surface area contributed by atoms with E-state index in [1.165, 1.54) is 5.56 Å². The monoisotopic (exact) mass is 237 g/mol. The van der Waals surface area contributed by atoms with Crippen molar-refractivity contribution in [2.75, 3.05) is 20.3 Å². The van der Waals surface area contributed by atoms with Gasteiger partial charge in [0, 0.05) is 25.3 Å². The van der Waals surface area contributed by atoms with Crippen LogP contribution in [0.15, 0.2) is 18.2 Å². The van der Waals surface area contributed by atoms with Crippen molar-refractivity contribution in [2.45, 2.75) is 32.7 Å². The maximum Gasteiger partial charge on any atom is 0.124 e. The quantitative estimate of drug-likeness (QED) is 0.742. The van der Waals surface area contributed by atoms with Gasteiger partial charge in [-0.25, -0.2) is 0 Å². The van der Waals surface area contributed by atoms with Gasteiger partial charge in [-0.1, -0.05) is 12.1 Å². The molecule has 0 saturated heterocycles. The van der Waals surface area contributed by atoms with Gasteiger partial charge in [-0.2, -0.15) is 0 Å². The van der Waals surface area contributed by atoms with Crippen molar-refractivity contribution in [3.8, 4) is 5.75 Å². The van der Waals surface area contributed by atoms with Crippen LogP contribution in [-0.2, 0) is 4.74 Å². The van der Waals surface area contributed by atoms with Crippen LogP contribution in [0.1, 0.15) is 36.9 Å². The van der Waals surface area contributed by atoms with Gasteiger partial charge in [0.05, 0.1) is 6.61 Å². The van der Waals surface area contributed by atoms with E-state index in [2.05, 4.69) is 19.1 Å². The number of ether oxygens (including phenoxy) is 2. The van der Waals surface area contributed by atoms with Crippen LogP contribution < -0.4 is 10.5 Å². The minimum absolute atomic E-state index is 0.00424. The van der Waals surface area contributed by atoms with Crippen LogP contribution in [0.25, 0.3) is 0 Å². The largest absolute Gasteiger partial charge is 0.493 e. The van der Waals surface area contributed by atoms with Crippen molar-refractivity contribution in [3.63, 3.8) is 0 Å². The lowest BCUT2D eigenvalue weighted by Gasteiger charge is -2.14. The highest BCUT2D eigenvalue weighted by molar-refractivity contribution is 5.38. The zero-order chi connectivity index (χ0) is 12.7. The summed E-state index contributed by atoms with van der Waals surface area (Å²) in [6, 6.07) is 6.17. The zero-order valence-electron chi connectivity index (χ0n) is 11.0. The summed E-state index contributed by atoms with van der Waals surface area (Å²) in [4.78, 5) is 0. The molecule has 17 heavy (non-hydrogen) atoms. The Morgan fingerprint density at radius 1 is 1.24 bits per heavy atom. The molecule has 1 atom stereocenters. The highest BCUT2D eigenvalue weighted by Gasteiger charge is 2.07. The average molecular weight is 237 g/mol. The molecule has 0 spiro atoms. The minimum Gasteiger partial charge on any atom is -0.493 e. The molecule has 3 heteroatoms. The van der Waals surface area contributed by atoms with Crippen LogP contribution in [0.5, 0.6) is 5.75 Å². The third-order valence-electron chi connectivity index (χ3n) is 2.66. The van der Waals surface area contributed by atoms with Crippen LogP contribution in [-0.4, -0.2) is 20.3 Å². The van der Waals surface area contributed by atoms with E-state index in [1.807, 2.05) is 13.0 Å². The van der Waals surface area contributed by atoms with Crippen molar-refractivity contribution in [1.29, 1.82) is 0 Å². The first kappa shape index (κ1) is 14.0. The normalized spacial score (nSPS) is 12.5. The van der Waals surface area contributed by atoms with Gasteiger partial charge in [0.15, 0.2) is 0 Å². The summed E-state index contributed by atoms with van der Waals surface area (Å²) in [5.41, 5.74) is 8.18. The SMILES string of the molecule is COCCCCOc1cc(C)ccc1[C@H](C)N. The number of methoxy groups -OCH3 is 1. The van der Waals surface area contributed by atoms with Crippen molar-refractivity contribution in [2.24, 2.45) is 5.73 Å². The van der Waals surface area contributed by atoms with Gasteiger partial charge in [0.1, 0.15) is 5.75 Å². The fourth-order valence-electron chi connectivity index (χ4n) is 1.67. The number of hydrogen-bond donors (Lipinski definition) is 1. The van der Waals surface area contributed by atoms with E-state index in [1.54, 1.807) is 7.11 Å². The second-order valence-corrected chi connectivity index (χ2v) is 4.38. The fraction of sp³-hybridized carbons (Fsp3) is 0.571. The summed E-state index contributed by atoms with van der Waals surface area (Å²) >= 11 is 0. The summed E-state index contributed by atoms with van der Waals surface area (Å²) in [6.07, 6.45) is 2.02. The lowest BCUT2D eigenvalue weighted by Crippen LogP contribution is -2.09. The highest BCUT2D eigenvalue weighted by atomic mass is 16.5. The number of benzene rings is 1. The Morgan fingerprint density at radius 3 is 2.59 bits per heavy atom. The number of aryl methyl sites for hydroxylation is 1. The molecule has 0 aliphatic carbocycles. The Bertz CT molecular complexity index is 337. The second kappa shape index (κ2) is 7.30. The molecule has 0 heterocycles. The summed E-state index contributed by atoms with van der Waals surface area (Å²) in [6.45, 7) is 5.54. The molecule has 0 aliphatic rings. The van der Waals surface area contributed by atoms with Gasteiger partial charge in [0.25, 0.3) is 0 Å². The highest BCUT2D eigenvalue weighted by Crippen LogP contribution is 2.25. The third kappa shape index (κ3) is 4.75. The van der Waals surface area contributed by atoms with Crippen molar-refractivity contribution < 1.29 is 9.47 Å². The zero-order valence-corrected chi connectivity index (χ0v) is 11.0. The van der Waals surface area contributed by atoms with Crippen LogP contribution in [0.3, 0.4) is 0 Å². The first-order chi connectivity index (χ1) is 8.15. The van der Waals surface area contributed by atoms with E-state index in [-0.39, 0.29) is 6.04 Å². The molecule has 3 nitrogen and oxygen atoms in total. The molecule has 2 N–H and O–H groups in total. The molecular weight excluding hydrogens is 214 g/mol. The Morgan fingerprint density at radius 2 is 1.94 bits per heavy atom. The second-order valence-electron chi connectivity index (χ2n) is 4.38. The number of unbranched alkanes of at least 4 members (excludes halogenated alkanes) is 1. The topological polar surface area (TPSA) is 44.5 Å². The molecule has 0 radical (unpaired) electrons. The van der Waals surface area contributed by atoms with Crippen molar-refractivity contribution in [3.05, 3.63) is 29.3 Å². The van der Waals surface area contributed by atoms with Crippen molar-refractivity contribution in [1.82, 2.24) is 0 Å². The standard InChI is InChI=1S/C14H23NO2/c1-11-6-7-13(12(2)15)14(10-11)17-9-5-4-8-16-3/h6-7,10,12H,4-5,8-9,15H2,1-3H3/t12-/m0/s1. The van der Waals surface area contributed by atoms with Gasteiger partial charge in [-0.3, -0.25) is 0 Å². The molecule has 0 amide bonds. The summed E-state index contributed by atoms with van der Waals surface area (Å²) in [5, 5.41) is 0. The molecule has 0 bridgehead atoms. The molecule has 0 aliphatic heterocycles. The van der Waals surface area contributed by atoms with Crippen LogP contribution in [0.2, 0.25) is 0 Å². The molecule has 1 aromatic carbocycles. The van der Waals surface area contributed by atoms with Crippen LogP contribution in [0.4, 0.5) is 0 Å². The van der Waals surface area contributed by atoms with Crippen LogP contribution in [0, 0.1) is 6.92 Å². The van der Waals surface area contributed by atoms with E-state index < -0.39 is 0 Å². The Kier molecular flexibility index (Phi) is 6.01. The van der Waals surface area contributed by atoms with Gasteiger partial charge in [0.2, 0.25) is 0 Å². The Hall–Kier alpha value is -1.06. The lowest BCUT2D eigenvalue weighted by molar-refractivity contribution is 0.184. The van der Waals surface area contributed by atoms with E-state index in [9.17, 15) is 0 Å². The van der Waals surface area contributed by atoms with E-state index >= 15 is 0 Å². The lowest BCUT2D eigenvalue weighted by atomic mass is 10.1. The molecule has 0 unspecified atom stereocenters. The molecule has 1 aromatic rings. The Labute approximate surface area is 104 Å². The van der Waals surface area contributed by atoms with E-state index in [0.717, 1.165) is 30.8 Å². The van der Waals surface area contributed by atoms with Gasteiger partial charge < -0.3 is 15.2 Å². The van der Waals surface area contributed by atoms with Gasteiger partial charge >= 0.3 is 0 Å². The predicted octanol–water partition coefficient (Wildman–Crippen LogP) is 2.82. The number of nitrogens with two attached hydrogens (primary N) is 1.